The molecular weight excluding hydrogens is 810 g/mol. The fourth-order valence-corrected chi connectivity index (χ4v) is 10.5. The first-order chi connectivity index (χ1) is 29.5. The average Bonchev–Trinajstić information content (AvgIpc) is 3.86. The number of carboxylic acids is 1. The van der Waals surface area contributed by atoms with Gasteiger partial charge in [0.2, 0.25) is 0 Å². The Morgan fingerprint density at radius 2 is 1.70 bits per heavy atom. The molecule has 3 aliphatic heterocycles. The zero-order valence-electron chi connectivity index (χ0n) is 35.6. The van der Waals surface area contributed by atoms with E-state index < -0.39 is 5.97 Å². The first-order valence-corrected chi connectivity index (χ1v) is 22.5. The van der Waals surface area contributed by atoms with Gasteiger partial charge in [0, 0.05) is 105 Å². The molecule has 15 heteroatoms. The second kappa shape index (κ2) is 17.3. The lowest BCUT2D eigenvalue weighted by atomic mass is 9.97. The topological polar surface area (TPSA) is 118 Å². The van der Waals surface area contributed by atoms with Crippen LogP contribution in [0.4, 0.5) is 11.4 Å². The van der Waals surface area contributed by atoms with Crippen molar-refractivity contribution in [2.24, 2.45) is 21.1 Å². The summed E-state index contributed by atoms with van der Waals surface area (Å²) in [5, 5.41) is 25.7. The predicted octanol–water partition coefficient (Wildman–Crippen LogP) is 7.60. The van der Waals surface area contributed by atoms with Crippen molar-refractivity contribution >= 4 is 51.6 Å². The number of aromatic carboxylic acids is 1. The van der Waals surface area contributed by atoms with Crippen molar-refractivity contribution in [3.63, 3.8) is 0 Å². The number of aromatic nitrogens is 5. The number of rotatable bonds is 5. The van der Waals surface area contributed by atoms with Gasteiger partial charge in [0.25, 0.3) is 0 Å². The van der Waals surface area contributed by atoms with Crippen molar-refractivity contribution in [2.75, 3.05) is 63.6 Å². The van der Waals surface area contributed by atoms with E-state index in [1.807, 2.05) is 54.8 Å². The minimum Gasteiger partial charge on any atom is -0.491 e. The summed E-state index contributed by atoms with van der Waals surface area (Å²) < 4.78 is 18.7. The Morgan fingerprint density at radius 1 is 0.902 bits per heavy atom. The van der Waals surface area contributed by atoms with Crippen molar-refractivity contribution in [3.8, 4) is 22.6 Å². The lowest BCUT2D eigenvalue weighted by Gasteiger charge is -2.34. The number of halogens is 1. The molecule has 0 spiro atoms. The number of nitrogens with zero attached hydrogens (tertiary/aromatic N) is 8. The molecule has 8 bridgehead atoms. The van der Waals surface area contributed by atoms with Crippen LogP contribution in [-0.2, 0) is 59.4 Å². The molecule has 1 fully saturated rings. The number of piperazine rings is 1. The van der Waals surface area contributed by atoms with Gasteiger partial charge in [-0.25, -0.2) is 4.79 Å². The Bertz CT molecular complexity index is 2590. The van der Waals surface area contributed by atoms with Gasteiger partial charge >= 0.3 is 5.97 Å². The largest absolute Gasteiger partial charge is 0.491 e. The zero-order chi connectivity index (χ0) is 42.4. The predicted molar refractivity (Wildman–Crippen MR) is 243 cm³/mol. The quantitative estimate of drug-likeness (QED) is 0.179. The third-order valence-corrected chi connectivity index (χ3v) is 13.7. The van der Waals surface area contributed by atoms with Gasteiger partial charge in [0.15, 0.2) is 0 Å². The minimum absolute atomic E-state index is 0.189. The highest BCUT2D eigenvalue weighted by molar-refractivity contribution is 7.98. The third-order valence-electron chi connectivity index (χ3n) is 12.4. The van der Waals surface area contributed by atoms with Gasteiger partial charge in [0.05, 0.1) is 34.2 Å². The summed E-state index contributed by atoms with van der Waals surface area (Å²) in [5.74, 6) is 1.36. The van der Waals surface area contributed by atoms with Gasteiger partial charge in [-0.05, 0) is 99.4 Å². The SMILES string of the molecule is CN1CCN(c2ccc(OCc3nn(C)c4c3-c3c(Cl)ccc5c(c(C(=O)O)n(C)c35)CCCOc3cc(cc5c3NCCC5)SCc3cc(nn3C)CN(C)C4)cc2)CC1. The number of aryl methyl sites for hydroxylation is 5. The fourth-order valence-electron chi connectivity index (χ4n) is 9.22. The normalized spacial score (nSPS) is 16.7. The van der Waals surface area contributed by atoms with Crippen LogP contribution in [0.3, 0.4) is 0 Å². The molecular formula is C46H54ClN9O4S. The van der Waals surface area contributed by atoms with E-state index in [0.29, 0.717) is 43.3 Å². The summed E-state index contributed by atoms with van der Waals surface area (Å²) in [7, 11) is 10.0. The van der Waals surface area contributed by atoms with E-state index in [1.54, 1.807) is 16.3 Å². The van der Waals surface area contributed by atoms with Gasteiger partial charge < -0.3 is 34.3 Å². The van der Waals surface area contributed by atoms with Crippen LogP contribution in [0.25, 0.3) is 22.0 Å². The van der Waals surface area contributed by atoms with Crippen LogP contribution < -0.4 is 19.7 Å². The fraction of sp³-hybridized carbons (Fsp3) is 0.413. The molecule has 0 unspecified atom stereocenters. The first-order valence-electron chi connectivity index (χ1n) is 21.1. The molecule has 6 heterocycles. The first kappa shape index (κ1) is 41.2. The highest BCUT2D eigenvalue weighted by atomic mass is 35.5. The molecule has 6 aromatic rings. The van der Waals surface area contributed by atoms with Crippen molar-refractivity contribution in [3.05, 3.63) is 99.2 Å². The number of hydrogen-bond acceptors (Lipinski definition) is 10. The van der Waals surface area contributed by atoms with Crippen LogP contribution in [0, 0.1) is 0 Å². The van der Waals surface area contributed by atoms with Gasteiger partial charge in [-0.3, -0.25) is 14.3 Å². The summed E-state index contributed by atoms with van der Waals surface area (Å²) in [4.78, 5) is 21.3. The maximum Gasteiger partial charge on any atom is 0.352 e. The minimum atomic E-state index is -0.987. The summed E-state index contributed by atoms with van der Waals surface area (Å²) in [6.07, 6.45) is 3.20. The Kier molecular flexibility index (Phi) is 11.7. The molecule has 3 aromatic carbocycles. The Hall–Kier alpha value is -5.15. The van der Waals surface area contributed by atoms with Crippen LogP contribution in [0.15, 0.2) is 59.5 Å². The zero-order valence-corrected chi connectivity index (χ0v) is 37.2. The number of nitrogens with one attached hydrogen (secondary N) is 1. The van der Waals surface area contributed by atoms with E-state index >= 15 is 0 Å². The number of carboxylic acid groups (broad SMARTS) is 1. The molecule has 1 saturated heterocycles. The Morgan fingerprint density at radius 3 is 2.49 bits per heavy atom. The van der Waals surface area contributed by atoms with Crippen LogP contribution in [-0.4, -0.2) is 98.4 Å². The Balaban J connectivity index is 1.11. The molecule has 0 atom stereocenters. The van der Waals surface area contributed by atoms with Crippen LogP contribution in [0.2, 0.25) is 5.02 Å². The molecule has 0 aliphatic carbocycles. The lowest BCUT2D eigenvalue weighted by molar-refractivity contribution is 0.0685. The van der Waals surface area contributed by atoms with Gasteiger partial charge in [-0.15, -0.1) is 11.8 Å². The molecule has 3 aliphatic rings. The maximum absolute atomic E-state index is 13.1. The number of hydrogen-bond donors (Lipinski definition) is 2. The summed E-state index contributed by atoms with van der Waals surface area (Å²) >= 11 is 9.07. The highest BCUT2D eigenvalue weighted by Gasteiger charge is 2.29. The average molecular weight is 865 g/mol. The van der Waals surface area contributed by atoms with E-state index in [9.17, 15) is 9.90 Å². The lowest BCUT2D eigenvalue weighted by Crippen LogP contribution is -2.44. The van der Waals surface area contributed by atoms with E-state index in [0.717, 1.165) is 118 Å². The van der Waals surface area contributed by atoms with E-state index in [2.05, 4.69) is 64.4 Å². The van der Waals surface area contributed by atoms with Crippen molar-refractivity contribution in [1.82, 2.24) is 33.9 Å². The number of fused-ring (bicyclic) bond motifs is 8. The van der Waals surface area contributed by atoms with Crippen LogP contribution >= 0.6 is 23.4 Å². The molecule has 3 aromatic heterocycles. The number of thioether (sulfide) groups is 1. The van der Waals surface area contributed by atoms with E-state index in [1.165, 1.54) is 11.3 Å². The van der Waals surface area contributed by atoms with E-state index in [4.69, 9.17) is 31.3 Å². The summed E-state index contributed by atoms with van der Waals surface area (Å²) in [5.41, 5.74) is 10.6. The monoisotopic (exact) mass is 863 g/mol. The van der Waals surface area contributed by atoms with Gasteiger partial charge in [0.1, 0.15) is 29.5 Å². The molecule has 61 heavy (non-hydrogen) atoms. The molecule has 13 nitrogen and oxygen atoms in total. The molecule has 0 amide bonds. The standard InChI is InChI=1S/C46H54ClN9O4S/c1-51-17-19-56(20-18-51)31-10-12-33(13-11-31)60-27-38-42-39(55(5)50-38)26-52(2)25-30-23-32(54(4)49-30)28-61-34-22-29-8-6-16-48-43(29)40(24-34)59-21-7-9-35-36-14-15-37(47)41(42)44(36)53(3)45(35)46(57)58/h10-15,22-24,48H,6-9,16-21,25-28H2,1-5H3,(H,57,58). The van der Waals surface area contributed by atoms with Crippen LogP contribution in [0.5, 0.6) is 11.5 Å². The number of likely N-dealkylation sites (N-methyl/N-ethyl adjacent to an activating group) is 1. The van der Waals surface area contributed by atoms with Crippen molar-refractivity contribution in [2.45, 2.75) is 56.0 Å². The third kappa shape index (κ3) is 8.30. The van der Waals surface area contributed by atoms with E-state index in [-0.39, 0.29) is 12.3 Å². The maximum atomic E-state index is 13.1. The van der Waals surface area contributed by atoms with Gasteiger partial charge in [-0.2, -0.15) is 10.2 Å². The van der Waals surface area contributed by atoms with Crippen LogP contribution in [0.1, 0.15) is 57.2 Å². The van der Waals surface area contributed by atoms with Crippen molar-refractivity contribution < 1.29 is 19.4 Å². The number of ether oxygens (including phenoxy) is 2. The Labute approximate surface area is 366 Å². The second-order valence-corrected chi connectivity index (χ2v) is 18.1. The smallest absolute Gasteiger partial charge is 0.352 e. The number of benzene rings is 3. The second-order valence-electron chi connectivity index (χ2n) is 16.6. The highest BCUT2D eigenvalue weighted by Crippen LogP contribution is 2.43. The van der Waals surface area contributed by atoms with Gasteiger partial charge in [-0.1, -0.05) is 17.7 Å². The molecule has 2 N–H and O–H groups in total. The molecule has 0 radical (unpaired) electrons. The summed E-state index contributed by atoms with van der Waals surface area (Å²) in [6, 6.07) is 18.7. The number of anilines is 2. The molecule has 320 valence electrons. The number of carbonyl (C=O) groups is 1. The summed E-state index contributed by atoms with van der Waals surface area (Å²) in [6.45, 7) is 6.71. The molecule has 9 rings (SSSR count). The van der Waals surface area contributed by atoms with Crippen molar-refractivity contribution in [1.29, 1.82) is 0 Å². The molecule has 0 saturated carbocycles.